The van der Waals surface area contributed by atoms with Crippen LogP contribution in [0.2, 0.25) is 0 Å². The molecule has 0 fully saturated rings. The summed E-state index contributed by atoms with van der Waals surface area (Å²) in [6, 6.07) is 8.04. The minimum Gasteiger partial charge on any atom is -0.307 e. The molecule has 1 aromatic heterocycles. The van der Waals surface area contributed by atoms with Gasteiger partial charge in [0.2, 0.25) is 0 Å². The summed E-state index contributed by atoms with van der Waals surface area (Å²) in [6.07, 6.45) is 0. The second-order valence-corrected chi connectivity index (χ2v) is 5.86. The van der Waals surface area contributed by atoms with Crippen molar-refractivity contribution in [3.8, 4) is 5.69 Å². The summed E-state index contributed by atoms with van der Waals surface area (Å²) in [7, 11) is 0. The molecule has 6 heteroatoms. The highest BCUT2D eigenvalue weighted by atomic mass is 79.9. The number of aromatic nitrogens is 4. The average molecular weight is 324 g/mol. The molecule has 0 aliphatic heterocycles. The van der Waals surface area contributed by atoms with Crippen LogP contribution in [0.25, 0.3) is 5.69 Å². The lowest BCUT2D eigenvalue weighted by Gasteiger charge is -2.15. The largest absolute Gasteiger partial charge is 0.307 e. The third-order valence-electron chi connectivity index (χ3n) is 2.78. The van der Waals surface area contributed by atoms with Crippen LogP contribution in [-0.4, -0.2) is 26.8 Å². The Morgan fingerprint density at radius 1 is 1.21 bits per heavy atom. The van der Waals surface area contributed by atoms with Crippen molar-refractivity contribution in [1.82, 2.24) is 25.5 Å². The molecule has 0 aliphatic carbocycles. The van der Waals surface area contributed by atoms with Crippen molar-refractivity contribution in [2.75, 3.05) is 6.54 Å². The van der Waals surface area contributed by atoms with Crippen LogP contribution in [0.4, 0.5) is 0 Å². The van der Waals surface area contributed by atoms with Crippen molar-refractivity contribution in [1.29, 1.82) is 0 Å². The highest BCUT2D eigenvalue weighted by Gasteiger charge is 2.15. The van der Waals surface area contributed by atoms with Gasteiger partial charge in [-0.2, -0.15) is 4.68 Å². The third kappa shape index (κ3) is 3.61. The maximum atomic E-state index is 4.12. The molecule has 0 bridgehead atoms. The van der Waals surface area contributed by atoms with E-state index in [1.165, 1.54) is 0 Å². The fraction of sp³-hybridized carbons (Fsp3) is 0.462. The number of nitrogens with one attached hydrogen (secondary N) is 1. The van der Waals surface area contributed by atoms with Crippen molar-refractivity contribution < 1.29 is 0 Å². The molecule has 2 rings (SSSR count). The molecular weight excluding hydrogens is 306 g/mol. The topological polar surface area (TPSA) is 55.6 Å². The van der Waals surface area contributed by atoms with Crippen LogP contribution in [0.5, 0.6) is 0 Å². The Bertz CT molecular complexity index is 520. The molecular formula is C13H18BrN5. The van der Waals surface area contributed by atoms with E-state index in [1.807, 2.05) is 24.3 Å². The number of nitrogens with zero attached hydrogens (tertiary/aromatic N) is 4. The Labute approximate surface area is 121 Å². The number of hydrogen-bond acceptors (Lipinski definition) is 4. The van der Waals surface area contributed by atoms with E-state index in [2.05, 4.69) is 57.5 Å². The number of rotatable bonds is 5. The Morgan fingerprint density at radius 2 is 1.89 bits per heavy atom. The standard InChI is InChI=1S/C13H18BrN5/c1-9(2)8-15-10(3)13-16-17-18-19(13)12-6-4-11(14)5-7-12/h4-7,9-10,15H,8H2,1-3H3. The molecule has 0 spiro atoms. The summed E-state index contributed by atoms with van der Waals surface area (Å²) in [6.45, 7) is 7.37. The van der Waals surface area contributed by atoms with Gasteiger partial charge in [-0.25, -0.2) is 0 Å². The fourth-order valence-corrected chi connectivity index (χ4v) is 2.00. The van der Waals surface area contributed by atoms with E-state index in [-0.39, 0.29) is 6.04 Å². The number of benzene rings is 1. The van der Waals surface area contributed by atoms with Crippen LogP contribution in [0.1, 0.15) is 32.6 Å². The third-order valence-corrected chi connectivity index (χ3v) is 3.31. The smallest absolute Gasteiger partial charge is 0.173 e. The van der Waals surface area contributed by atoms with Gasteiger partial charge in [0, 0.05) is 4.47 Å². The van der Waals surface area contributed by atoms with Gasteiger partial charge in [0.1, 0.15) is 0 Å². The first-order valence-corrected chi connectivity index (χ1v) is 7.15. The second-order valence-electron chi connectivity index (χ2n) is 4.95. The minimum absolute atomic E-state index is 0.112. The predicted octanol–water partition coefficient (Wildman–Crippen LogP) is 2.73. The zero-order valence-corrected chi connectivity index (χ0v) is 12.9. The van der Waals surface area contributed by atoms with Gasteiger partial charge < -0.3 is 5.32 Å². The van der Waals surface area contributed by atoms with Crippen molar-refractivity contribution in [3.05, 3.63) is 34.6 Å². The highest BCUT2D eigenvalue weighted by Crippen LogP contribution is 2.17. The van der Waals surface area contributed by atoms with Crippen molar-refractivity contribution in [3.63, 3.8) is 0 Å². The van der Waals surface area contributed by atoms with Gasteiger partial charge in [-0.1, -0.05) is 29.8 Å². The molecule has 1 atom stereocenters. The lowest BCUT2D eigenvalue weighted by molar-refractivity contribution is 0.475. The highest BCUT2D eigenvalue weighted by molar-refractivity contribution is 9.10. The normalized spacial score (nSPS) is 12.9. The molecule has 0 amide bonds. The second kappa shape index (κ2) is 6.25. The summed E-state index contributed by atoms with van der Waals surface area (Å²) in [5.74, 6) is 1.42. The van der Waals surface area contributed by atoms with E-state index in [0.29, 0.717) is 5.92 Å². The van der Waals surface area contributed by atoms with Gasteiger partial charge in [0.25, 0.3) is 0 Å². The summed E-state index contributed by atoms with van der Waals surface area (Å²) >= 11 is 3.42. The van der Waals surface area contributed by atoms with Crippen LogP contribution in [0.15, 0.2) is 28.7 Å². The van der Waals surface area contributed by atoms with E-state index < -0.39 is 0 Å². The van der Waals surface area contributed by atoms with Gasteiger partial charge in [0.05, 0.1) is 11.7 Å². The minimum atomic E-state index is 0.112. The van der Waals surface area contributed by atoms with Crippen LogP contribution in [0.3, 0.4) is 0 Å². The fourth-order valence-electron chi connectivity index (χ4n) is 1.73. The van der Waals surface area contributed by atoms with E-state index in [0.717, 1.165) is 22.5 Å². The Balaban J connectivity index is 2.19. The van der Waals surface area contributed by atoms with Gasteiger partial charge in [-0.05, 0) is 54.1 Å². The average Bonchev–Trinajstić information content (AvgIpc) is 2.86. The van der Waals surface area contributed by atoms with E-state index >= 15 is 0 Å². The van der Waals surface area contributed by atoms with Gasteiger partial charge in [-0.15, -0.1) is 5.10 Å². The first-order valence-electron chi connectivity index (χ1n) is 6.35. The van der Waals surface area contributed by atoms with Crippen molar-refractivity contribution in [2.45, 2.75) is 26.8 Å². The van der Waals surface area contributed by atoms with Crippen LogP contribution < -0.4 is 5.32 Å². The molecule has 5 nitrogen and oxygen atoms in total. The Hall–Kier alpha value is -1.27. The Morgan fingerprint density at radius 3 is 2.53 bits per heavy atom. The molecule has 2 aromatic rings. The van der Waals surface area contributed by atoms with E-state index in [1.54, 1.807) is 4.68 Å². The quantitative estimate of drug-likeness (QED) is 0.919. The molecule has 1 N–H and O–H groups in total. The van der Waals surface area contributed by atoms with Gasteiger partial charge in [-0.3, -0.25) is 0 Å². The SMILES string of the molecule is CC(C)CNC(C)c1nnnn1-c1ccc(Br)cc1. The molecule has 19 heavy (non-hydrogen) atoms. The first kappa shape index (κ1) is 14.1. The van der Waals surface area contributed by atoms with Crippen LogP contribution in [0, 0.1) is 5.92 Å². The molecule has 1 unspecified atom stereocenters. The predicted molar refractivity (Wildman–Crippen MR) is 78.1 cm³/mol. The lowest BCUT2D eigenvalue weighted by Crippen LogP contribution is -2.25. The van der Waals surface area contributed by atoms with E-state index in [4.69, 9.17) is 0 Å². The maximum Gasteiger partial charge on any atom is 0.173 e. The molecule has 0 radical (unpaired) electrons. The van der Waals surface area contributed by atoms with Crippen molar-refractivity contribution >= 4 is 15.9 Å². The molecule has 0 aliphatic rings. The van der Waals surface area contributed by atoms with Gasteiger partial charge >= 0.3 is 0 Å². The lowest BCUT2D eigenvalue weighted by atomic mass is 10.2. The monoisotopic (exact) mass is 323 g/mol. The first-order chi connectivity index (χ1) is 9.08. The summed E-state index contributed by atoms with van der Waals surface area (Å²) in [5, 5.41) is 15.4. The van der Waals surface area contributed by atoms with Crippen LogP contribution in [-0.2, 0) is 0 Å². The molecule has 1 aromatic carbocycles. The number of hydrogen-bond donors (Lipinski definition) is 1. The number of halogens is 1. The summed E-state index contributed by atoms with van der Waals surface area (Å²) in [4.78, 5) is 0. The molecule has 0 saturated carbocycles. The maximum absolute atomic E-state index is 4.12. The summed E-state index contributed by atoms with van der Waals surface area (Å²) < 4.78 is 2.81. The molecule has 102 valence electrons. The molecule has 0 saturated heterocycles. The zero-order valence-electron chi connectivity index (χ0n) is 11.3. The van der Waals surface area contributed by atoms with E-state index in [9.17, 15) is 0 Å². The number of tetrazole rings is 1. The zero-order chi connectivity index (χ0) is 13.8. The Kier molecular flexibility index (Phi) is 4.66. The van der Waals surface area contributed by atoms with Gasteiger partial charge in [0.15, 0.2) is 5.82 Å². The van der Waals surface area contributed by atoms with Crippen LogP contribution >= 0.6 is 15.9 Å². The van der Waals surface area contributed by atoms with Crippen molar-refractivity contribution in [2.24, 2.45) is 5.92 Å². The molecule has 1 heterocycles. The summed E-state index contributed by atoms with van der Waals surface area (Å²) in [5.41, 5.74) is 0.960.